The molecule has 2 aromatic rings. The van der Waals surface area contributed by atoms with E-state index in [-0.39, 0.29) is 11.0 Å². The summed E-state index contributed by atoms with van der Waals surface area (Å²) in [5, 5.41) is 1.50. The summed E-state index contributed by atoms with van der Waals surface area (Å²) in [6.07, 6.45) is 2.21. The molecule has 0 aromatic heterocycles. The average Bonchev–Trinajstić information content (AvgIpc) is 2.99. The van der Waals surface area contributed by atoms with Crippen molar-refractivity contribution in [3.63, 3.8) is 0 Å². The zero-order valence-corrected chi connectivity index (χ0v) is 17.5. The van der Waals surface area contributed by atoms with Crippen molar-refractivity contribution in [3.8, 4) is 28.4 Å². The summed E-state index contributed by atoms with van der Waals surface area (Å²) in [5.41, 5.74) is 2.20. The first-order chi connectivity index (χ1) is 12.4. The van der Waals surface area contributed by atoms with Crippen molar-refractivity contribution in [2.45, 2.75) is 51.5 Å². The van der Waals surface area contributed by atoms with Gasteiger partial charge in [-0.2, -0.15) is 0 Å². The van der Waals surface area contributed by atoms with Crippen molar-refractivity contribution in [1.82, 2.24) is 0 Å². The molecule has 0 bridgehead atoms. The van der Waals surface area contributed by atoms with Gasteiger partial charge in [0.05, 0.1) is 19.8 Å². The third-order valence-electron chi connectivity index (χ3n) is 4.75. The van der Waals surface area contributed by atoms with Crippen molar-refractivity contribution in [2.24, 2.45) is 0 Å². The molecule has 140 valence electrons. The Morgan fingerprint density at radius 2 is 1.62 bits per heavy atom. The van der Waals surface area contributed by atoms with Crippen molar-refractivity contribution >= 4 is 13.2 Å². The van der Waals surface area contributed by atoms with E-state index in [0.29, 0.717) is 0 Å². The molecule has 26 heavy (non-hydrogen) atoms. The van der Waals surface area contributed by atoms with Crippen LogP contribution in [0.4, 0.5) is 0 Å². The molecule has 0 saturated heterocycles. The fourth-order valence-electron chi connectivity index (χ4n) is 3.73. The van der Waals surface area contributed by atoms with E-state index in [9.17, 15) is 0 Å². The summed E-state index contributed by atoms with van der Waals surface area (Å²) in [6, 6.07) is 12.3. The van der Waals surface area contributed by atoms with E-state index in [1.165, 1.54) is 10.9 Å². The Bertz CT molecular complexity index is 757. The molecule has 2 unspecified atom stereocenters. The highest BCUT2D eigenvalue weighted by Crippen LogP contribution is 2.61. The summed E-state index contributed by atoms with van der Waals surface area (Å²) in [5.74, 6) is 2.96. The van der Waals surface area contributed by atoms with Gasteiger partial charge in [0.15, 0.2) is 0 Å². The Labute approximate surface area is 158 Å². The summed E-state index contributed by atoms with van der Waals surface area (Å²) in [4.78, 5) is 0. The minimum atomic E-state index is -0.484. The summed E-state index contributed by atoms with van der Waals surface area (Å²) < 4.78 is 17.8. The van der Waals surface area contributed by atoms with Crippen LogP contribution in [0.3, 0.4) is 0 Å². The quantitative estimate of drug-likeness (QED) is 0.621. The first-order valence-electron chi connectivity index (χ1n) is 9.22. The molecule has 1 aliphatic heterocycles. The van der Waals surface area contributed by atoms with Crippen molar-refractivity contribution < 1.29 is 14.2 Å². The summed E-state index contributed by atoms with van der Waals surface area (Å²) in [6.45, 7) is 9.22. The van der Waals surface area contributed by atoms with Crippen LogP contribution in [0.15, 0.2) is 36.4 Å². The predicted octanol–water partition coefficient (Wildman–Crippen LogP) is 5.80. The molecule has 0 radical (unpaired) electrons. The van der Waals surface area contributed by atoms with E-state index in [2.05, 4.69) is 45.9 Å². The fourth-order valence-corrected chi connectivity index (χ4v) is 7.10. The molecule has 0 spiro atoms. The molecule has 4 heteroatoms. The standard InChI is InChI=1S/C22H29O3P/c1-7-10-19-25-18-14-8-11-15(21(18)26(19)22(2,3)4)20-16(23-5)12-9-13-17(20)24-6/h8-9,11-14,19H,7,10H2,1-6H3. The van der Waals surface area contributed by atoms with Crippen LogP contribution in [0.5, 0.6) is 17.2 Å². The number of rotatable bonds is 5. The third-order valence-corrected chi connectivity index (χ3v) is 8.07. The van der Waals surface area contributed by atoms with Gasteiger partial charge >= 0.3 is 0 Å². The maximum absolute atomic E-state index is 6.44. The minimum Gasteiger partial charge on any atom is -0.496 e. The number of hydrogen-bond acceptors (Lipinski definition) is 3. The smallest absolute Gasteiger partial charge is 0.130 e. The first kappa shape index (κ1) is 19.0. The lowest BCUT2D eigenvalue weighted by molar-refractivity contribution is 0.280. The van der Waals surface area contributed by atoms with Gasteiger partial charge in [-0.3, -0.25) is 0 Å². The van der Waals surface area contributed by atoms with Crippen LogP contribution in [-0.2, 0) is 0 Å². The lowest BCUT2D eigenvalue weighted by Gasteiger charge is -2.32. The molecule has 0 fully saturated rings. The molecule has 2 aromatic carbocycles. The molecule has 0 amide bonds. The maximum atomic E-state index is 6.44. The van der Waals surface area contributed by atoms with Crippen LogP contribution in [0.25, 0.3) is 11.1 Å². The van der Waals surface area contributed by atoms with Crippen LogP contribution in [0, 0.1) is 0 Å². The SMILES string of the molecule is CCCC1Oc2cccc(-c3c(OC)cccc3OC)c2P1C(C)(C)C. The fraction of sp³-hybridized carbons (Fsp3) is 0.455. The normalized spacial score (nSPS) is 19.0. The molecule has 0 N–H and O–H groups in total. The molecule has 3 rings (SSSR count). The van der Waals surface area contributed by atoms with Crippen molar-refractivity contribution in [3.05, 3.63) is 36.4 Å². The number of hydrogen-bond donors (Lipinski definition) is 0. The van der Waals surface area contributed by atoms with Gasteiger partial charge in [-0.05, 0) is 37.7 Å². The molecule has 0 saturated carbocycles. The van der Waals surface area contributed by atoms with Crippen LogP contribution in [0.2, 0.25) is 0 Å². The molecule has 1 heterocycles. The number of benzene rings is 2. The predicted molar refractivity (Wildman–Crippen MR) is 111 cm³/mol. The Morgan fingerprint density at radius 1 is 1.00 bits per heavy atom. The van der Waals surface area contributed by atoms with Gasteiger partial charge in [-0.15, -0.1) is 0 Å². The van der Waals surface area contributed by atoms with E-state index in [1.54, 1.807) is 14.2 Å². The largest absolute Gasteiger partial charge is 0.496 e. The van der Waals surface area contributed by atoms with E-state index >= 15 is 0 Å². The third kappa shape index (κ3) is 3.30. The number of fused-ring (bicyclic) bond motifs is 1. The molecular weight excluding hydrogens is 343 g/mol. The second-order valence-corrected chi connectivity index (χ2v) is 10.7. The highest BCUT2D eigenvalue weighted by molar-refractivity contribution is 7.68. The van der Waals surface area contributed by atoms with Gasteiger partial charge in [-0.25, -0.2) is 0 Å². The highest BCUT2D eigenvalue weighted by Gasteiger charge is 2.43. The lowest BCUT2D eigenvalue weighted by atomic mass is 10.0. The second-order valence-electron chi connectivity index (χ2n) is 7.59. The van der Waals surface area contributed by atoms with Crippen LogP contribution in [-0.4, -0.2) is 25.2 Å². The van der Waals surface area contributed by atoms with Crippen LogP contribution < -0.4 is 19.5 Å². The van der Waals surface area contributed by atoms with Crippen LogP contribution in [0.1, 0.15) is 40.5 Å². The van der Waals surface area contributed by atoms with Gasteiger partial charge in [0.1, 0.15) is 23.1 Å². The zero-order valence-electron chi connectivity index (χ0n) is 16.6. The van der Waals surface area contributed by atoms with E-state index < -0.39 is 7.92 Å². The second kappa shape index (κ2) is 7.48. The molecule has 1 aliphatic rings. The van der Waals surface area contributed by atoms with E-state index in [0.717, 1.165) is 35.7 Å². The van der Waals surface area contributed by atoms with Gasteiger partial charge in [0, 0.05) is 10.9 Å². The van der Waals surface area contributed by atoms with E-state index in [1.807, 2.05) is 18.2 Å². The summed E-state index contributed by atoms with van der Waals surface area (Å²) in [7, 11) is 2.94. The molecule has 2 atom stereocenters. The highest BCUT2D eigenvalue weighted by atomic mass is 31.1. The summed E-state index contributed by atoms with van der Waals surface area (Å²) >= 11 is 0. The molecule has 0 aliphatic carbocycles. The zero-order chi connectivity index (χ0) is 18.9. The Morgan fingerprint density at radius 3 is 2.15 bits per heavy atom. The van der Waals surface area contributed by atoms with Gasteiger partial charge in [-0.1, -0.05) is 52.3 Å². The maximum Gasteiger partial charge on any atom is 0.130 e. The van der Waals surface area contributed by atoms with Gasteiger partial charge in [0.2, 0.25) is 0 Å². The number of methoxy groups -OCH3 is 2. The molecular formula is C22H29O3P. The Balaban J connectivity index is 2.25. The first-order valence-corrected chi connectivity index (χ1v) is 10.6. The topological polar surface area (TPSA) is 27.7 Å². The van der Waals surface area contributed by atoms with Crippen LogP contribution >= 0.6 is 7.92 Å². The number of ether oxygens (including phenoxy) is 3. The molecule has 3 nitrogen and oxygen atoms in total. The van der Waals surface area contributed by atoms with Crippen molar-refractivity contribution in [2.75, 3.05) is 14.2 Å². The Hall–Kier alpha value is -1.73. The Kier molecular flexibility index (Phi) is 5.48. The lowest BCUT2D eigenvalue weighted by Crippen LogP contribution is -2.24. The van der Waals surface area contributed by atoms with E-state index in [4.69, 9.17) is 14.2 Å². The average molecular weight is 372 g/mol. The van der Waals surface area contributed by atoms with Crippen molar-refractivity contribution in [1.29, 1.82) is 0 Å². The van der Waals surface area contributed by atoms with Gasteiger partial charge < -0.3 is 14.2 Å². The van der Waals surface area contributed by atoms with Gasteiger partial charge in [0.25, 0.3) is 0 Å². The minimum absolute atomic E-state index is 0.159. The monoisotopic (exact) mass is 372 g/mol.